The molecule has 7 heteroatoms. The fourth-order valence-corrected chi connectivity index (χ4v) is 3.24. The molecule has 1 aliphatic heterocycles. The summed E-state index contributed by atoms with van der Waals surface area (Å²) in [5.74, 6) is 2.63. The Balaban J connectivity index is 1.95. The number of hydrogen-bond acceptors (Lipinski definition) is 7. The summed E-state index contributed by atoms with van der Waals surface area (Å²) >= 11 is 2.00. The Morgan fingerprint density at radius 1 is 1.45 bits per heavy atom. The molecule has 0 spiro atoms. The summed E-state index contributed by atoms with van der Waals surface area (Å²) in [5.41, 5.74) is 0.0377. The lowest BCUT2D eigenvalue weighted by Crippen LogP contribution is -2.52. The molecule has 0 aliphatic carbocycles. The van der Waals surface area contributed by atoms with Crippen LogP contribution in [0, 0.1) is 0 Å². The van der Waals surface area contributed by atoms with Crippen LogP contribution < -0.4 is 5.32 Å². The van der Waals surface area contributed by atoms with Crippen molar-refractivity contribution in [2.24, 2.45) is 0 Å². The third kappa shape index (κ3) is 4.58. The lowest BCUT2D eigenvalue weighted by Gasteiger charge is -2.41. The average Bonchev–Trinajstić information content (AvgIpc) is 2.54. The SMILES string of the molecule is CCOC(=O)c1nccc(NCC(C)(C)N2CCSCC2)n1. The maximum Gasteiger partial charge on any atom is 0.376 e. The fraction of sp³-hybridized carbons (Fsp3) is 0.667. The molecule has 2 heterocycles. The highest BCUT2D eigenvalue weighted by Crippen LogP contribution is 2.20. The molecular weight excluding hydrogens is 300 g/mol. The minimum atomic E-state index is -0.488. The van der Waals surface area contributed by atoms with Gasteiger partial charge in [-0.2, -0.15) is 11.8 Å². The van der Waals surface area contributed by atoms with E-state index in [1.165, 1.54) is 11.5 Å². The number of thioether (sulfide) groups is 1. The Bertz CT molecular complexity index is 504. The number of nitrogens with one attached hydrogen (secondary N) is 1. The van der Waals surface area contributed by atoms with Crippen LogP contribution in [0.15, 0.2) is 12.3 Å². The van der Waals surface area contributed by atoms with Gasteiger partial charge in [0, 0.05) is 42.9 Å². The van der Waals surface area contributed by atoms with Gasteiger partial charge in [-0.25, -0.2) is 14.8 Å². The first-order valence-electron chi connectivity index (χ1n) is 7.60. The predicted molar refractivity (Wildman–Crippen MR) is 89.5 cm³/mol. The van der Waals surface area contributed by atoms with Crippen LogP contribution in [0.25, 0.3) is 0 Å². The van der Waals surface area contributed by atoms with Gasteiger partial charge in [0.05, 0.1) is 6.61 Å². The van der Waals surface area contributed by atoms with Crippen LogP contribution in [0.5, 0.6) is 0 Å². The van der Waals surface area contributed by atoms with E-state index in [1.807, 2.05) is 11.8 Å². The molecule has 1 N–H and O–H groups in total. The molecule has 2 rings (SSSR count). The molecule has 6 nitrogen and oxygen atoms in total. The van der Waals surface area contributed by atoms with Gasteiger partial charge >= 0.3 is 5.97 Å². The topological polar surface area (TPSA) is 67.3 Å². The van der Waals surface area contributed by atoms with E-state index < -0.39 is 5.97 Å². The highest BCUT2D eigenvalue weighted by molar-refractivity contribution is 7.99. The number of aromatic nitrogens is 2. The van der Waals surface area contributed by atoms with Crippen molar-refractivity contribution in [1.29, 1.82) is 0 Å². The van der Waals surface area contributed by atoms with Crippen molar-refractivity contribution in [2.75, 3.05) is 43.1 Å². The first-order valence-corrected chi connectivity index (χ1v) is 8.75. The second kappa shape index (κ2) is 7.78. The molecule has 0 bridgehead atoms. The number of hydrogen-bond donors (Lipinski definition) is 1. The van der Waals surface area contributed by atoms with Gasteiger partial charge in [0.25, 0.3) is 0 Å². The number of ether oxygens (including phenoxy) is 1. The lowest BCUT2D eigenvalue weighted by molar-refractivity contribution is 0.0512. The highest BCUT2D eigenvalue weighted by atomic mass is 32.2. The van der Waals surface area contributed by atoms with Gasteiger partial charge in [0.1, 0.15) is 5.82 Å². The predicted octanol–water partition coefficient (Wildman–Crippen LogP) is 1.89. The van der Waals surface area contributed by atoms with E-state index >= 15 is 0 Å². The van der Waals surface area contributed by atoms with Crippen LogP contribution in [0.3, 0.4) is 0 Å². The fourth-order valence-electron chi connectivity index (χ4n) is 2.34. The third-order valence-corrected chi connectivity index (χ3v) is 4.63. The van der Waals surface area contributed by atoms with Gasteiger partial charge < -0.3 is 10.1 Å². The number of esters is 1. The Morgan fingerprint density at radius 3 is 2.86 bits per heavy atom. The number of rotatable bonds is 6. The minimum Gasteiger partial charge on any atom is -0.460 e. The van der Waals surface area contributed by atoms with Crippen LogP contribution in [-0.4, -0.2) is 64.1 Å². The maximum absolute atomic E-state index is 11.7. The molecule has 1 saturated heterocycles. The molecule has 0 radical (unpaired) electrons. The van der Waals surface area contributed by atoms with Crippen LogP contribution in [-0.2, 0) is 4.74 Å². The van der Waals surface area contributed by atoms with Gasteiger partial charge in [-0.1, -0.05) is 0 Å². The monoisotopic (exact) mass is 324 g/mol. The second-order valence-corrected chi connectivity index (χ2v) is 6.98. The normalized spacial score (nSPS) is 16.3. The Kier molecular flexibility index (Phi) is 6.02. The van der Waals surface area contributed by atoms with Crippen LogP contribution in [0.2, 0.25) is 0 Å². The Morgan fingerprint density at radius 2 is 2.18 bits per heavy atom. The Hall–Kier alpha value is -1.34. The summed E-state index contributed by atoms with van der Waals surface area (Å²) in [7, 11) is 0. The van der Waals surface area contributed by atoms with E-state index in [0.29, 0.717) is 12.4 Å². The van der Waals surface area contributed by atoms with Crippen molar-refractivity contribution in [3.8, 4) is 0 Å². The summed E-state index contributed by atoms with van der Waals surface area (Å²) < 4.78 is 4.92. The molecule has 0 amide bonds. The van der Waals surface area contributed by atoms with Gasteiger partial charge in [-0.05, 0) is 26.8 Å². The largest absolute Gasteiger partial charge is 0.460 e. The molecule has 1 aromatic rings. The third-order valence-electron chi connectivity index (χ3n) is 3.68. The summed E-state index contributed by atoms with van der Waals surface area (Å²) in [4.78, 5) is 22.3. The van der Waals surface area contributed by atoms with Crippen molar-refractivity contribution in [2.45, 2.75) is 26.3 Å². The molecule has 0 atom stereocenters. The standard InChI is InChI=1S/C15H24N4O2S/c1-4-21-14(20)13-16-6-5-12(18-13)17-11-15(2,3)19-7-9-22-10-8-19/h5-6H,4,7-11H2,1-3H3,(H,16,17,18). The highest BCUT2D eigenvalue weighted by Gasteiger charge is 2.28. The van der Waals surface area contributed by atoms with E-state index in [2.05, 4.69) is 34.0 Å². The molecular formula is C15H24N4O2S. The van der Waals surface area contributed by atoms with E-state index in [4.69, 9.17) is 4.74 Å². The number of nitrogens with zero attached hydrogens (tertiary/aromatic N) is 3. The molecule has 1 aliphatic rings. The van der Waals surface area contributed by atoms with Crippen molar-refractivity contribution < 1.29 is 9.53 Å². The first kappa shape index (κ1) is 17.0. The number of carbonyl (C=O) groups excluding carboxylic acids is 1. The zero-order chi connectivity index (χ0) is 16.0. The molecule has 0 aromatic carbocycles. The molecule has 0 unspecified atom stereocenters. The zero-order valence-electron chi connectivity index (χ0n) is 13.5. The van der Waals surface area contributed by atoms with Crippen molar-refractivity contribution >= 4 is 23.5 Å². The second-order valence-electron chi connectivity index (χ2n) is 5.75. The van der Waals surface area contributed by atoms with Gasteiger partial charge in [0.2, 0.25) is 5.82 Å². The van der Waals surface area contributed by atoms with Crippen LogP contribution >= 0.6 is 11.8 Å². The van der Waals surface area contributed by atoms with Crippen molar-refractivity contribution in [3.63, 3.8) is 0 Å². The number of carbonyl (C=O) groups is 1. The summed E-state index contributed by atoms with van der Waals surface area (Å²) in [6.45, 7) is 9.51. The van der Waals surface area contributed by atoms with Crippen molar-refractivity contribution in [3.05, 3.63) is 18.1 Å². The van der Waals surface area contributed by atoms with E-state index in [1.54, 1.807) is 19.2 Å². The van der Waals surface area contributed by atoms with Crippen molar-refractivity contribution in [1.82, 2.24) is 14.9 Å². The molecule has 1 aromatic heterocycles. The number of anilines is 1. The average molecular weight is 324 g/mol. The van der Waals surface area contributed by atoms with E-state index in [9.17, 15) is 4.79 Å². The lowest BCUT2D eigenvalue weighted by atomic mass is 10.0. The molecule has 22 heavy (non-hydrogen) atoms. The summed E-state index contributed by atoms with van der Waals surface area (Å²) in [5, 5.41) is 3.31. The van der Waals surface area contributed by atoms with Gasteiger partial charge in [-0.15, -0.1) is 0 Å². The van der Waals surface area contributed by atoms with E-state index in [-0.39, 0.29) is 11.4 Å². The quantitative estimate of drug-likeness (QED) is 0.802. The molecule has 1 fully saturated rings. The minimum absolute atomic E-state index is 0.0377. The van der Waals surface area contributed by atoms with Gasteiger partial charge in [0.15, 0.2) is 0 Å². The molecule has 122 valence electrons. The van der Waals surface area contributed by atoms with Crippen LogP contribution in [0.1, 0.15) is 31.4 Å². The molecule has 0 saturated carbocycles. The smallest absolute Gasteiger partial charge is 0.376 e. The van der Waals surface area contributed by atoms with Gasteiger partial charge in [-0.3, -0.25) is 4.90 Å². The maximum atomic E-state index is 11.7. The van der Waals surface area contributed by atoms with Crippen LogP contribution in [0.4, 0.5) is 5.82 Å². The zero-order valence-corrected chi connectivity index (χ0v) is 14.3. The summed E-state index contributed by atoms with van der Waals surface area (Å²) in [6, 6.07) is 1.77. The summed E-state index contributed by atoms with van der Waals surface area (Å²) in [6.07, 6.45) is 1.58. The first-order chi connectivity index (χ1) is 10.5. The van der Waals surface area contributed by atoms with E-state index in [0.717, 1.165) is 19.6 Å². The Labute approximate surface area is 136 Å².